The fraction of sp³-hybridized carbons (Fsp3) is 0.0870. The molecule has 33 heavy (non-hydrogen) atoms. The third-order valence-corrected chi connectivity index (χ3v) is 5.02. The number of hydrogen-bond acceptors (Lipinski definition) is 6. The van der Waals surface area contributed by atoms with Crippen LogP contribution in [0.2, 0.25) is 0 Å². The van der Waals surface area contributed by atoms with Crippen molar-refractivity contribution < 1.29 is 18.9 Å². The number of nitro groups is 1. The van der Waals surface area contributed by atoms with Gasteiger partial charge in [-0.15, -0.1) is 0 Å². The Morgan fingerprint density at radius 3 is 2.55 bits per heavy atom. The molecule has 2 heterocycles. The molecule has 0 radical (unpaired) electrons. The topological polar surface area (TPSA) is 132 Å². The number of furan rings is 1. The SMILES string of the molecule is Cc1cc(/C=N\NC(=O)c2cc3cc([N+](=O)[O-])ccc3o2)c(C)n1NC(=O)c1ccccc1. The molecule has 0 saturated heterocycles. The van der Waals surface area contributed by atoms with E-state index >= 15 is 0 Å². The molecule has 2 N–H and O–H groups in total. The van der Waals surface area contributed by atoms with Gasteiger partial charge in [-0.3, -0.25) is 29.8 Å². The maximum atomic E-state index is 12.4. The summed E-state index contributed by atoms with van der Waals surface area (Å²) < 4.78 is 7.08. The van der Waals surface area contributed by atoms with Gasteiger partial charge in [0, 0.05) is 40.0 Å². The molecule has 10 heteroatoms. The zero-order valence-electron chi connectivity index (χ0n) is 17.7. The standard InChI is InChI=1S/C23H19N5O5/c1-14-10-18(15(2)27(14)26-22(29)16-6-4-3-5-7-16)13-24-25-23(30)21-12-17-11-19(28(31)32)8-9-20(17)33-21/h3-13H,1-2H3,(H,25,30)(H,26,29)/b24-13-. The summed E-state index contributed by atoms with van der Waals surface area (Å²) in [5.74, 6) is -0.876. The van der Waals surface area contributed by atoms with E-state index in [4.69, 9.17) is 4.42 Å². The predicted octanol–water partition coefficient (Wildman–Crippen LogP) is 3.91. The first-order valence-corrected chi connectivity index (χ1v) is 9.90. The molecule has 4 rings (SSSR count). The van der Waals surface area contributed by atoms with Crippen LogP contribution in [0.25, 0.3) is 11.0 Å². The number of nitrogens with zero attached hydrogens (tertiary/aromatic N) is 3. The summed E-state index contributed by atoms with van der Waals surface area (Å²) in [7, 11) is 0. The van der Waals surface area contributed by atoms with E-state index in [1.165, 1.54) is 30.5 Å². The highest BCUT2D eigenvalue weighted by molar-refractivity contribution is 6.00. The number of non-ortho nitro benzene ring substituents is 1. The molecule has 2 aromatic carbocycles. The van der Waals surface area contributed by atoms with Gasteiger partial charge in [-0.1, -0.05) is 18.2 Å². The Bertz CT molecular complexity index is 1400. The number of hydrazone groups is 1. The minimum Gasteiger partial charge on any atom is -0.451 e. The summed E-state index contributed by atoms with van der Waals surface area (Å²) in [5, 5.41) is 15.3. The lowest BCUT2D eigenvalue weighted by Gasteiger charge is -2.11. The van der Waals surface area contributed by atoms with E-state index in [0.717, 1.165) is 11.4 Å². The van der Waals surface area contributed by atoms with Gasteiger partial charge in [0.15, 0.2) is 5.76 Å². The monoisotopic (exact) mass is 445 g/mol. The third kappa shape index (κ3) is 4.49. The largest absolute Gasteiger partial charge is 0.451 e. The van der Waals surface area contributed by atoms with E-state index in [9.17, 15) is 19.7 Å². The number of benzene rings is 2. The molecular weight excluding hydrogens is 426 g/mol. The highest BCUT2D eigenvalue weighted by Gasteiger charge is 2.15. The van der Waals surface area contributed by atoms with Crippen molar-refractivity contribution in [3.05, 3.63) is 99.1 Å². The van der Waals surface area contributed by atoms with E-state index in [-0.39, 0.29) is 17.4 Å². The number of carbonyl (C=O) groups excluding carboxylic acids is 2. The molecule has 0 atom stereocenters. The second kappa shape index (κ2) is 8.79. The summed E-state index contributed by atoms with van der Waals surface area (Å²) in [6.07, 6.45) is 1.46. The molecule has 0 fully saturated rings. The van der Waals surface area contributed by atoms with Crippen molar-refractivity contribution in [2.24, 2.45) is 5.10 Å². The Kier molecular flexibility index (Phi) is 5.73. The quantitative estimate of drug-likeness (QED) is 0.264. The highest BCUT2D eigenvalue weighted by Crippen LogP contribution is 2.24. The zero-order valence-corrected chi connectivity index (χ0v) is 17.7. The number of rotatable bonds is 6. The summed E-state index contributed by atoms with van der Waals surface area (Å²) in [6, 6.07) is 16.1. The second-order valence-corrected chi connectivity index (χ2v) is 7.26. The summed E-state index contributed by atoms with van der Waals surface area (Å²) in [4.78, 5) is 35.2. The highest BCUT2D eigenvalue weighted by atomic mass is 16.6. The van der Waals surface area contributed by atoms with Crippen LogP contribution in [-0.4, -0.2) is 27.6 Å². The molecule has 0 aliphatic carbocycles. The summed E-state index contributed by atoms with van der Waals surface area (Å²) in [5.41, 5.74) is 8.20. The molecule has 0 aliphatic heterocycles. The molecule has 2 aromatic heterocycles. The number of aryl methyl sites for hydroxylation is 1. The van der Waals surface area contributed by atoms with Gasteiger partial charge in [-0.2, -0.15) is 5.10 Å². The van der Waals surface area contributed by atoms with Crippen LogP contribution in [0.5, 0.6) is 0 Å². The van der Waals surface area contributed by atoms with Gasteiger partial charge in [-0.05, 0) is 44.2 Å². The van der Waals surface area contributed by atoms with Crippen LogP contribution in [0.4, 0.5) is 5.69 Å². The van der Waals surface area contributed by atoms with E-state index in [1.807, 2.05) is 26.0 Å². The lowest BCUT2D eigenvalue weighted by molar-refractivity contribution is -0.384. The van der Waals surface area contributed by atoms with E-state index in [0.29, 0.717) is 22.1 Å². The van der Waals surface area contributed by atoms with Crippen LogP contribution in [0.1, 0.15) is 37.9 Å². The van der Waals surface area contributed by atoms with Crippen molar-refractivity contribution in [1.82, 2.24) is 10.1 Å². The molecule has 4 aromatic rings. The molecule has 0 spiro atoms. The molecule has 2 amide bonds. The van der Waals surface area contributed by atoms with Crippen molar-refractivity contribution in [1.29, 1.82) is 0 Å². The van der Waals surface area contributed by atoms with Crippen LogP contribution in [0.3, 0.4) is 0 Å². The van der Waals surface area contributed by atoms with Gasteiger partial charge in [0.25, 0.3) is 11.6 Å². The van der Waals surface area contributed by atoms with E-state index in [1.54, 1.807) is 28.9 Å². The van der Waals surface area contributed by atoms with Crippen LogP contribution in [-0.2, 0) is 0 Å². The predicted molar refractivity (Wildman–Crippen MR) is 122 cm³/mol. The minimum atomic E-state index is -0.601. The molecule has 166 valence electrons. The van der Waals surface area contributed by atoms with Gasteiger partial charge < -0.3 is 4.42 Å². The second-order valence-electron chi connectivity index (χ2n) is 7.26. The zero-order chi connectivity index (χ0) is 23.5. The van der Waals surface area contributed by atoms with Crippen molar-refractivity contribution >= 4 is 34.7 Å². The Morgan fingerprint density at radius 1 is 1.06 bits per heavy atom. The molecule has 0 bridgehead atoms. The van der Waals surface area contributed by atoms with Crippen LogP contribution in [0, 0.1) is 24.0 Å². The van der Waals surface area contributed by atoms with Gasteiger partial charge in [0.05, 0.1) is 11.1 Å². The number of carbonyl (C=O) groups is 2. The number of aromatic nitrogens is 1. The maximum Gasteiger partial charge on any atom is 0.307 e. The van der Waals surface area contributed by atoms with Gasteiger partial charge in [0.1, 0.15) is 5.58 Å². The summed E-state index contributed by atoms with van der Waals surface area (Å²) >= 11 is 0. The lowest BCUT2D eigenvalue weighted by Crippen LogP contribution is -2.24. The summed E-state index contributed by atoms with van der Waals surface area (Å²) in [6.45, 7) is 3.65. The first-order valence-electron chi connectivity index (χ1n) is 9.90. The van der Waals surface area contributed by atoms with E-state index in [2.05, 4.69) is 16.0 Å². The van der Waals surface area contributed by atoms with Gasteiger partial charge >= 0.3 is 5.91 Å². The van der Waals surface area contributed by atoms with Crippen molar-refractivity contribution in [3.63, 3.8) is 0 Å². The van der Waals surface area contributed by atoms with Crippen molar-refractivity contribution in [2.45, 2.75) is 13.8 Å². The number of hydrogen-bond donors (Lipinski definition) is 2. The van der Waals surface area contributed by atoms with Crippen molar-refractivity contribution in [2.75, 3.05) is 5.43 Å². The minimum absolute atomic E-state index is 0.0248. The molecule has 0 unspecified atom stereocenters. The van der Waals surface area contributed by atoms with Gasteiger partial charge in [0.2, 0.25) is 0 Å². The van der Waals surface area contributed by atoms with Gasteiger partial charge in [-0.25, -0.2) is 5.43 Å². The first-order chi connectivity index (χ1) is 15.8. The number of amides is 2. The Labute approximate surface area is 187 Å². The van der Waals surface area contributed by atoms with E-state index < -0.39 is 10.8 Å². The molecule has 10 nitrogen and oxygen atoms in total. The normalized spacial score (nSPS) is 11.1. The smallest absolute Gasteiger partial charge is 0.307 e. The number of fused-ring (bicyclic) bond motifs is 1. The fourth-order valence-electron chi connectivity index (χ4n) is 3.32. The average molecular weight is 445 g/mol. The number of nitro benzene ring substituents is 1. The fourth-order valence-corrected chi connectivity index (χ4v) is 3.32. The maximum absolute atomic E-state index is 12.4. The Morgan fingerprint density at radius 2 is 1.82 bits per heavy atom. The van der Waals surface area contributed by atoms with Crippen LogP contribution in [0.15, 0.2) is 70.2 Å². The lowest BCUT2D eigenvalue weighted by atomic mass is 10.2. The molecular formula is C23H19N5O5. The first kappa shape index (κ1) is 21.5. The third-order valence-electron chi connectivity index (χ3n) is 5.02. The Balaban J connectivity index is 1.45. The Hall–Kier alpha value is -4.73. The number of nitrogens with one attached hydrogen (secondary N) is 2. The van der Waals surface area contributed by atoms with Crippen molar-refractivity contribution in [3.8, 4) is 0 Å². The molecule has 0 aliphatic rings. The van der Waals surface area contributed by atoms with Crippen LogP contribution >= 0.6 is 0 Å². The molecule has 0 saturated carbocycles. The van der Waals surface area contributed by atoms with Crippen LogP contribution < -0.4 is 10.9 Å². The average Bonchev–Trinajstić information content (AvgIpc) is 3.35.